The van der Waals surface area contributed by atoms with Crippen LogP contribution in [-0.2, 0) is 13.2 Å². The summed E-state index contributed by atoms with van der Waals surface area (Å²) in [7, 11) is 0. The number of phenolic OH excluding ortho intramolecular Hbond substituents is 1. The molecule has 0 saturated carbocycles. The van der Waals surface area contributed by atoms with Crippen LogP contribution in [0.1, 0.15) is 11.1 Å². The van der Waals surface area contributed by atoms with Crippen molar-refractivity contribution in [1.29, 1.82) is 0 Å². The van der Waals surface area contributed by atoms with Crippen molar-refractivity contribution in [2.24, 2.45) is 0 Å². The predicted molar refractivity (Wildman–Crippen MR) is 107 cm³/mol. The molecule has 0 amide bonds. The second kappa shape index (κ2) is 7.31. The van der Waals surface area contributed by atoms with E-state index in [-0.39, 0.29) is 12.4 Å². The van der Waals surface area contributed by atoms with Crippen molar-refractivity contribution in [2.75, 3.05) is 5.32 Å². The highest BCUT2D eigenvalue weighted by atomic mass is 35.5. The molecule has 0 spiro atoms. The molecule has 0 fully saturated rings. The zero-order valence-corrected chi connectivity index (χ0v) is 15.2. The lowest BCUT2D eigenvalue weighted by atomic mass is 10.1. The van der Waals surface area contributed by atoms with E-state index >= 15 is 0 Å². The maximum atomic E-state index is 10.3. The van der Waals surface area contributed by atoms with Gasteiger partial charge in [-0.3, -0.25) is 4.40 Å². The van der Waals surface area contributed by atoms with E-state index < -0.39 is 0 Å². The summed E-state index contributed by atoms with van der Waals surface area (Å²) in [5.41, 5.74) is 3.78. The van der Waals surface area contributed by atoms with Gasteiger partial charge in [0.2, 0.25) is 0 Å². The summed E-state index contributed by atoms with van der Waals surface area (Å²) in [6.07, 6.45) is 1.86. The number of phenols is 1. The van der Waals surface area contributed by atoms with Crippen LogP contribution in [0.25, 0.3) is 16.9 Å². The van der Waals surface area contributed by atoms with Crippen molar-refractivity contribution in [3.8, 4) is 17.0 Å². The minimum absolute atomic E-state index is 0.0550. The zero-order chi connectivity index (χ0) is 18.8. The SMILES string of the molecule is OCc1ccn2c(NCc3cccc(Cl)c3)c(-c3ccccc3O)nc2c1. The van der Waals surface area contributed by atoms with Gasteiger partial charge in [0.1, 0.15) is 22.9 Å². The van der Waals surface area contributed by atoms with E-state index in [0.717, 1.165) is 16.9 Å². The topological polar surface area (TPSA) is 69.8 Å². The molecule has 0 aliphatic heterocycles. The first kappa shape index (κ1) is 17.4. The number of rotatable bonds is 5. The number of imidazole rings is 1. The van der Waals surface area contributed by atoms with Crippen molar-refractivity contribution in [2.45, 2.75) is 13.2 Å². The van der Waals surface area contributed by atoms with Gasteiger partial charge >= 0.3 is 0 Å². The molecule has 136 valence electrons. The van der Waals surface area contributed by atoms with Crippen molar-refractivity contribution in [1.82, 2.24) is 9.38 Å². The Morgan fingerprint density at radius 1 is 1.00 bits per heavy atom. The number of benzene rings is 2. The van der Waals surface area contributed by atoms with Crippen molar-refractivity contribution < 1.29 is 10.2 Å². The number of fused-ring (bicyclic) bond motifs is 1. The van der Waals surface area contributed by atoms with Gasteiger partial charge in [0.15, 0.2) is 0 Å². The monoisotopic (exact) mass is 379 g/mol. The van der Waals surface area contributed by atoms with Gasteiger partial charge in [-0.2, -0.15) is 0 Å². The van der Waals surface area contributed by atoms with Crippen LogP contribution in [0, 0.1) is 0 Å². The first-order chi connectivity index (χ1) is 13.2. The third-order valence-electron chi connectivity index (χ3n) is 4.38. The first-order valence-electron chi connectivity index (χ1n) is 8.54. The fourth-order valence-electron chi connectivity index (χ4n) is 3.05. The molecular formula is C21H18ClN3O2. The molecule has 0 radical (unpaired) electrons. The van der Waals surface area contributed by atoms with Crippen LogP contribution in [-0.4, -0.2) is 19.6 Å². The Bertz CT molecular complexity index is 1110. The van der Waals surface area contributed by atoms with E-state index in [9.17, 15) is 10.2 Å². The molecule has 27 heavy (non-hydrogen) atoms. The maximum Gasteiger partial charge on any atom is 0.139 e. The molecule has 0 aliphatic rings. The highest BCUT2D eigenvalue weighted by Crippen LogP contribution is 2.34. The maximum absolute atomic E-state index is 10.3. The normalized spacial score (nSPS) is 11.0. The fourth-order valence-corrected chi connectivity index (χ4v) is 3.26. The number of hydrogen-bond acceptors (Lipinski definition) is 4. The number of pyridine rings is 1. The number of nitrogens with zero attached hydrogens (tertiary/aromatic N) is 2. The summed E-state index contributed by atoms with van der Waals surface area (Å²) in [5, 5.41) is 23.8. The molecule has 0 saturated heterocycles. The van der Waals surface area contributed by atoms with Gasteiger partial charge in [0.05, 0.1) is 6.61 Å². The number of aromatic hydroxyl groups is 1. The van der Waals surface area contributed by atoms with Crippen LogP contribution in [0.4, 0.5) is 5.82 Å². The number of aliphatic hydroxyl groups excluding tert-OH is 1. The van der Waals surface area contributed by atoms with Gasteiger partial charge in [-0.05, 0) is 47.5 Å². The minimum Gasteiger partial charge on any atom is -0.507 e. The molecular weight excluding hydrogens is 362 g/mol. The number of aliphatic hydroxyl groups is 1. The fraction of sp³-hybridized carbons (Fsp3) is 0.0952. The van der Waals surface area contributed by atoms with E-state index in [1.54, 1.807) is 12.1 Å². The smallest absolute Gasteiger partial charge is 0.139 e. The molecule has 0 atom stereocenters. The van der Waals surface area contributed by atoms with E-state index in [4.69, 9.17) is 11.6 Å². The van der Waals surface area contributed by atoms with Crippen LogP contribution >= 0.6 is 11.6 Å². The number of anilines is 1. The number of aromatic nitrogens is 2. The Labute approximate surface area is 161 Å². The second-order valence-corrected chi connectivity index (χ2v) is 6.67. The van der Waals surface area contributed by atoms with Crippen LogP contribution < -0.4 is 5.32 Å². The Balaban J connectivity index is 1.81. The number of para-hydroxylation sites is 1. The largest absolute Gasteiger partial charge is 0.507 e. The summed E-state index contributed by atoms with van der Waals surface area (Å²) in [4.78, 5) is 4.69. The Kier molecular flexibility index (Phi) is 4.71. The zero-order valence-electron chi connectivity index (χ0n) is 14.4. The molecule has 0 unspecified atom stereocenters. The van der Waals surface area contributed by atoms with Gasteiger partial charge in [-0.25, -0.2) is 4.98 Å². The number of hydrogen-bond donors (Lipinski definition) is 3. The van der Waals surface area contributed by atoms with Crippen LogP contribution in [0.2, 0.25) is 5.02 Å². The average molecular weight is 380 g/mol. The standard InChI is InChI=1S/C21H18ClN3O2/c22-16-5-3-4-14(10-16)12-23-21-20(17-6-1-2-7-18(17)27)24-19-11-15(13-26)8-9-25(19)21/h1-11,23,26-27H,12-13H2. The van der Waals surface area contributed by atoms with Crippen LogP contribution in [0.3, 0.4) is 0 Å². The van der Waals surface area contributed by atoms with Crippen LogP contribution in [0.15, 0.2) is 66.9 Å². The van der Waals surface area contributed by atoms with Crippen LogP contribution in [0.5, 0.6) is 5.75 Å². The highest BCUT2D eigenvalue weighted by Gasteiger charge is 2.17. The molecule has 4 rings (SSSR count). The van der Waals surface area contributed by atoms with Crippen molar-refractivity contribution >= 4 is 23.1 Å². The number of nitrogens with one attached hydrogen (secondary N) is 1. The van der Waals surface area contributed by atoms with Crippen molar-refractivity contribution in [3.63, 3.8) is 0 Å². The second-order valence-electron chi connectivity index (χ2n) is 6.23. The lowest BCUT2D eigenvalue weighted by Gasteiger charge is -2.10. The lowest BCUT2D eigenvalue weighted by Crippen LogP contribution is -2.03. The van der Waals surface area contributed by atoms with E-state index in [2.05, 4.69) is 10.3 Å². The summed E-state index contributed by atoms with van der Waals surface area (Å²) in [6, 6.07) is 18.4. The highest BCUT2D eigenvalue weighted by molar-refractivity contribution is 6.30. The van der Waals surface area contributed by atoms with Gasteiger partial charge in [-0.1, -0.05) is 35.9 Å². The van der Waals surface area contributed by atoms with Gasteiger partial charge in [0, 0.05) is 23.3 Å². The average Bonchev–Trinajstić information content (AvgIpc) is 3.04. The van der Waals surface area contributed by atoms with Crippen molar-refractivity contribution in [3.05, 3.63) is 83.0 Å². The summed E-state index contributed by atoms with van der Waals surface area (Å²) < 4.78 is 1.91. The third kappa shape index (κ3) is 3.47. The van der Waals surface area contributed by atoms with E-state index in [0.29, 0.717) is 28.5 Å². The molecule has 2 aromatic heterocycles. The molecule has 5 nitrogen and oxygen atoms in total. The van der Waals surface area contributed by atoms with Gasteiger partial charge in [0.25, 0.3) is 0 Å². The van der Waals surface area contributed by atoms with E-state index in [1.165, 1.54) is 0 Å². The van der Waals surface area contributed by atoms with E-state index in [1.807, 2.05) is 59.1 Å². The summed E-state index contributed by atoms with van der Waals surface area (Å²) >= 11 is 6.08. The molecule has 3 N–H and O–H groups in total. The Morgan fingerprint density at radius 2 is 1.85 bits per heavy atom. The quantitative estimate of drug-likeness (QED) is 0.478. The molecule has 2 aromatic carbocycles. The van der Waals surface area contributed by atoms with Gasteiger partial charge < -0.3 is 15.5 Å². The van der Waals surface area contributed by atoms with Gasteiger partial charge in [-0.15, -0.1) is 0 Å². The minimum atomic E-state index is -0.0550. The summed E-state index contributed by atoms with van der Waals surface area (Å²) in [6.45, 7) is 0.497. The summed E-state index contributed by atoms with van der Waals surface area (Å²) in [5.74, 6) is 0.921. The number of halogens is 1. The lowest BCUT2D eigenvalue weighted by molar-refractivity contribution is 0.282. The molecule has 4 aromatic rings. The Hall–Kier alpha value is -3.02. The Morgan fingerprint density at radius 3 is 2.63 bits per heavy atom. The first-order valence-corrected chi connectivity index (χ1v) is 8.92. The molecule has 6 heteroatoms. The molecule has 0 bridgehead atoms. The predicted octanol–water partition coefficient (Wildman–Crippen LogP) is 4.46. The molecule has 2 heterocycles. The molecule has 0 aliphatic carbocycles. The third-order valence-corrected chi connectivity index (χ3v) is 4.62.